The summed E-state index contributed by atoms with van der Waals surface area (Å²) in [6, 6.07) is 0. The minimum Gasteiger partial charge on any atom is -0.365 e. The van der Waals surface area contributed by atoms with E-state index in [0.717, 1.165) is 19.5 Å². The van der Waals surface area contributed by atoms with Crippen LogP contribution in [0.3, 0.4) is 0 Å². The molecule has 54 valence electrons. The average molecular weight is 130 g/mol. The first-order valence-electron chi connectivity index (χ1n) is 3.30. The fraction of sp³-hybridized carbons (Fsp3) is 1.00. The molecular weight excluding hydrogens is 116 g/mol. The van der Waals surface area contributed by atoms with Crippen LogP contribution in [0, 0.1) is 0 Å². The number of nitrogens with zero attached hydrogens (tertiary/aromatic N) is 2. The summed E-state index contributed by atoms with van der Waals surface area (Å²) in [5.41, 5.74) is 0. The topological polar surface area (TPSA) is 26.7 Å². The van der Waals surface area contributed by atoms with Gasteiger partial charge in [-0.05, 0) is 20.5 Å². The number of rotatable bonds is 0. The number of hydrogen-bond acceptors (Lipinski definition) is 3. The van der Waals surface area contributed by atoms with Crippen LogP contribution in [0.1, 0.15) is 6.42 Å². The average Bonchev–Trinajstić information content (AvgIpc) is 1.83. The van der Waals surface area contributed by atoms with Gasteiger partial charge >= 0.3 is 0 Å². The van der Waals surface area contributed by atoms with E-state index < -0.39 is 0 Å². The Morgan fingerprint density at radius 3 is 2.00 bits per heavy atom. The van der Waals surface area contributed by atoms with Gasteiger partial charge in [0, 0.05) is 13.1 Å². The molecule has 1 saturated heterocycles. The van der Waals surface area contributed by atoms with E-state index in [4.69, 9.17) is 0 Å². The van der Waals surface area contributed by atoms with Crippen LogP contribution in [-0.2, 0) is 0 Å². The second-order valence-electron chi connectivity index (χ2n) is 2.66. The van der Waals surface area contributed by atoms with Gasteiger partial charge < -0.3 is 5.11 Å². The van der Waals surface area contributed by atoms with Crippen molar-refractivity contribution in [2.24, 2.45) is 0 Å². The molecule has 0 spiro atoms. The predicted molar refractivity (Wildman–Crippen MR) is 35.9 cm³/mol. The van der Waals surface area contributed by atoms with Crippen LogP contribution in [0.2, 0.25) is 0 Å². The Morgan fingerprint density at radius 2 is 1.67 bits per heavy atom. The van der Waals surface area contributed by atoms with E-state index in [1.165, 1.54) is 0 Å². The molecule has 0 bridgehead atoms. The molecule has 0 saturated carbocycles. The summed E-state index contributed by atoms with van der Waals surface area (Å²) in [4.78, 5) is 3.87. The summed E-state index contributed by atoms with van der Waals surface area (Å²) in [7, 11) is 3.86. The molecule has 1 rings (SSSR count). The summed E-state index contributed by atoms with van der Waals surface area (Å²) in [5, 5.41) is 9.30. The first kappa shape index (κ1) is 6.99. The van der Waals surface area contributed by atoms with E-state index in [0.29, 0.717) is 0 Å². The SMILES string of the molecule is CN1CCCN(C)C1O. The highest BCUT2D eigenvalue weighted by Crippen LogP contribution is 2.05. The maximum atomic E-state index is 9.30. The Balaban J connectivity index is 2.41. The summed E-state index contributed by atoms with van der Waals surface area (Å²) in [6.07, 6.45) is 0.795. The fourth-order valence-corrected chi connectivity index (χ4v) is 1.14. The lowest BCUT2D eigenvalue weighted by molar-refractivity contribution is -0.111. The molecule has 0 atom stereocenters. The molecule has 0 aromatic rings. The molecule has 1 N–H and O–H groups in total. The molecule has 0 aliphatic carbocycles. The van der Waals surface area contributed by atoms with Gasteiger partial charge in [0.25, 0.3) is 0 Å². The highest BCUT2D eigenvalue weighted by atomic mass is 16.3. The van der Waals surface area contributed by atoms with Crippen LogP contribution >= 0.6 is 0 Å². The minimum absolute atomic E-state index is 0.362. The zero-order valence-corrected chi connectivity index (χ0v) is 6.04. The van der Waals surface area contributed by atoms with Crippen molar-refractivity contribution < 1.29 is 5.11 Å². The summed E-state index contributed by atoms with van der Waals surface area (Å²) >= 11 is 0. The summed E-state index contributed by atoms with van der Waals surface area (Å²) in [6.45, 7) is 2.01. The Morgan fingerprint density at radius 1 is 1.22 bits per heavy atom. The van der Waals surface area contributed by atoms with Crippen molar-refractivity contribution in [1.82, 2.24) is 9.80 Å². The second kappa shape index (κ2) is 2.64. The summed E-state index contributed by atoms with van der Waals surface area (Å²) in [5.74, 6) is 0. The van der Waals surface area contributed by atoms with Gasteiger partial charge in [-0.2, -0.15) is 0 Å². The van der Waals surface area contributed by atoms with Crippen molar-refractivity contribution >= 4 is 0 Å². The number of aliphatic hydroxyl groups excluding tert-OH is 1. The molecule has 1 heterocycles. The molecule has 0 amide bonds. The van der Waals surface area contributed by atoms with Crippen molar-refractivity contribution in [1.29, 1.82) is 0 Å². The first-order valence-corrected chi connectivity index (χ1v) is 3.30. The molecule has 9 heavy (non-hydrogen) atoms. The van der Waals surface area contributed by atoms with Gasteiger partial charge in [-0.15, -0.1) is 0 Å². The van der Waals surface area contributed by atoms with Gasteiger partial charge in [-0.1, -0.05) is 0 Å². The standard InChI is InChI=1S/C6H14N2O/c1-7-4-3-5-8(2)6(7)9/h6,9H,3-5H2,1-2H3. The lowest BCUT2D eigenvalue weighted by Gasteiger charge is -2.35. The molecular formula is C6H14N2O. The smallest absolute Gasteiger partial charge is 0.165 e. The molecule has 1 aliphatic heterocycles. The first-order chi connectivity index (χ1) is 4.22. The third kappa shape index (κ3) is 1.41. The molecule has 0 aromatic heterocycles. The van der Waals surface area contributed by atoms with Crippen molar-refractivity contribution in [3.8, 4) is 0 Å². The van der Waals surface area contributed by atoms with Crippen LogP contribution in [0.15, 0.2) is 0 Å². The Bertz CT molecular complexity index is 87.1. The minimum atomic E-state index is -0.362. The molecule has 0 radical (unpaired) electrons. The maximum absolute atomic E-state index is 9.30. The van der Waals surface area contributed by atoms with Gasteiger partial charge in [-0.25, -0.2) is 0 Å². The maximum Gasteiger partial charge on any atom is 0.165 e. The van der Waals surface area contributed by atoms with Crippen LogP contribution in [0.4, 0.5) is 0 Å². The zero-order chi connectivity index (χ0) is 6.85. The third-order valence-corrected chi connectivity index (χ3v) is 1.81. The highest BCUT2D eigenvalue weighted by Gasteiger charge is 2.19. The van der Waals surface area contributed by atoms with E-state index in [-0.39, 0.29) is 6.35 Å². The van der Waals surface area contributed by atoms with Gasteiger partial charge in [0.2, 0.25) is 0 Å². The van der Waals surface area contributed by atoms with Crippen LogP contribution in [0.25, 0.3) is 0 Å². The van der Waals surface area contributed by atoms with Crippen molar-refractivity contribution in [2.45, 2.75) is 12.8 Å². The molecule has 3 heteroatoms. The molecule has 0 aromatic carbocycles. The summed E-state index contributed by atoms with van der Waals surface area (Å²) < 4.78 is 0. The molecule has 3 nitrogen and oxygen atoms in total. The quantitative estimate of drug-likeness (QED) is 0.480. The lowest BCUT2D eigenvalue weighted by atomic mass is 10.3. The normalized spacial score (nSPS) is 27.0. The van der Waals surface area contributed by atoms with Gasteiger partial charge in [0.05, 0.1) is 0 Å². The van der Waals surface area contributed by atoms with E-state index in [1.54, 1.807) is 0 Å². The Kier molecular flexibility index (Phi) is 2.05. The Hall–Kier alpha value is -0.120. The van der Waals surface area contributed by atoms with Crippen molar-refractivity contribution in [3.63, 3.8) is 0 Å². The van der Waals surface area contributed by atoms with Gasteiger partial charge in [0.15, 0.2) is 6.35 Å². The van der Waals surface area contributed by atoms with Gasteiger partial charge in [0.1, 0.15) is 0 Å². The van der Waals surface area contributed by atoms with Crippen LogP contribution < -0.4 is 0 Å². The second-order valence-corrected chi connectivity index (χ2v) is 2.66. The fourth-order valence-electron chi connectivity index (χ4n) is 1.14. The van der Waals surface area contributed by atoms with E-state index in [2.05, 4.69) is 0 Å². The number of aliphatic hydroxyl groups is 1. The zero-order valence-electron chi connectivity index (χ0n) is 6.04. The monoisotopic (exact) mass is 130 g/mol. The Labute approximate surface area is 55.9 Å². The number of hydrogen-bond donors (Lipinski definition) is 1. The van der Waals surface area contributed by atoms with E-state index in [9.17, 15) is 5.11 Å². The van der Waals surface area contributed by atoms with E-state index >= 15 is 0 Å². The molecule has 1 fully saturated rings. The highest BCUT2D eigenvalue weighted by molar-refractivity contribution is 4.64. The third-order valence-electron chi connectivity index (χ3n) is 1.81. The van der Waals surface area contributed by atoms with Crippen molar-refractivity contribution in [2.75, 3.05) is 27.2 Å². The largest absolute Gasteiger partial charge is 0.365 e. The van der Waals surface area contributed by atoms with Gasteiger partial charge in [-0.3, -0.25) is 9.80 Å². The van der Waals surface area contributed by atoms with Crippen molar-refractivity contribution in [3.05, 3.63) is 0 Å². The predicted octanol–water partition coefficient (Wildman–Crippen LogP) is -0.470. The van der Waals surface area contributed by atoms with E-state index in [1.807, 2.05) is 23.9 Å². The lowest BCUT2D eigenvalue weighted by Crippen LogP contribution is -2.49. The van der Waals surface area contributed by atoms with Crippen LogP contribution in [-0.4, -0.2) is 48.4 Å². The van der Waals surface area contributed by atoms with Crippen LogP contribution in [0.5, 0.6) is 0 Å². The molecule has 1 aliphatic rings. The molecule has 0 unspecified atom stereocenters.